The third kappa shape index (κ3) is 6.23. The third-order valence-electron chi connectivity index (χ3n) is 5.73. The van der Waals surface area contributed by atoms with Gasteiger partial charge in [-0.3, -0.25) is 4.79 Å². The highest BCUT2D eigenvalue weighted by atomic mass is 16.5. The summed E-state index contributed by atoms with van der Waals surface area (Å²) in [7, 11) is 3.52. The van der Waals surface area contributed by atoms with Crippen LogP contribution < -0.4 is 10.6 Å². The first-order valence-electron chi connectivity index (χ1n) is 10.5. The molecular weight excluding hydrogens is 352 g/mol. The number of ether oxygens (including phenoxy) is 1. The Kier molecular flexibility index (Phi) is 7.71. The van der Waals surface area contributed by atoms with Gasteiger partial charge in [0.15, 0.2) is 5.96 Å². The van der Waals surface area contributed by atoms with E-state index >= 15 is 0 Å². The number of amides is 1. The minimum absolute atomic E-state index is 0.00556. The summed E-state index contributed by atoms with van der Waals surface area (Å²) in [5.74, 6) is 1.38. The Morgan fingerprint density at radius 1 is 1.14 bits per heavy atom. The van der Waals surface area contributed by atoms with E-state index in [0.29, 0.717) is 12.0 Å². The van der Waals surface area contributed by atoms with Crippen LogP contribution in [0.2, 0.25) is 0 Å². The molecule has 1 heterocycles. The Morgan fingerprint density at radius 3 is 2.54 bits per heavy atom. The lowest BCUT2D eigenvalue weighted by Crippen LogP contribution is -2.47. The zero-order valence-corrected chi connectivity index (χ0v) is 17.2. The monoisotopic (exact) mass is 386 g/mol. The molecule has 1 unspecified atom stereocenters. The second kappa shape index (κ2) is 10.5. The van der Waals surface area contributed by atoms with Gasteiger partial charge in [-0.15, -0.1) is 0 Å². The number of carbonyl (C=O) groups is 1. The molecule has 2 fully saturated rings. The van der Waals surface area contributed by atoms with Crippen molar-refractivity contribution in [3.63, 3.8) is 0 Å². The maximum absolute atomic E-state index is 11.9. The fourth-order valence-corrected chi connectivity index (χ4v) is 3.95. The normalized spacial score (nSPS) is 25.4. The van der Waals surface area contributed by atoms with Gasteiger partial charge in [-0.1, -0.05) is 30.3 Å². The van der Waals surface area contributed by atoms with Crippen LogP contribution in [0.4, 0.5) is 0 Å². The number of hydrogen-bond acceptors (Lipinski definition) is 3. The molecule has 6 nitrogen and oxygen atoms in total. The van der Waals surface area contributed by atoms with Gasteiger partial charge < -0.3 is 20.3 Å². The van der Waals surface area contributed by atoms with Crippen molar-refractivity contribution < 1.29 is 9.53 Å². The summed E-state index contributed by atoms with van der Waals surface area (Å²) >= 11 is 0. The summed E-state index contributed by atoms with van der Waals surface area (Å²) in [5.41, 5.74) is 1.45. The highest BCUT2D eigenvalue weighted by Gasteiger charge is 2.23. The maximum atomic E-state index is 11.9. The number of hydrogen-bond donors (Lipinski definition) is 2. The Labute approximate surface area is 168 Å². The van der Waals surface area contributed by atoms with Crippen molar-refractivity contribution in [1.82, 2.24) is 15.5 Å². The zero-order chi connectivity index (χ0) is 19.8. The second-order valence-electron chi connectivity index (χ2n) is 8.07. The zero-order valence-electron chi connectivity index (χ0n) is 17.2. The van der Waals surface area contributed by atoms with E-state index in [4.69, 9.17) is 4.74 Å². The molecule has 0 radical (unpaired) electrons. The van der Waals surface area contributed by atoms with Crippen LogP contribution in [0.25, 0.3) is 0 Å². The molecule has 0 spiro atoms. The largest absolute Gasteiger partial charge is 0.376 e. The molecule has 6 heteroatoms. The molecule has 2 aliphatic rings. The standard InChI is InChI=1S/C22H34N4O2/c1-26(2)21(27)16-24-22(23-15-20-9-6-14-28-20)25-19-12-10-18(11-13-19)17-7-4-3-5-8-17/h3-5,7-8,18-20H,6,9-16H2,1-2H3,(H2,23,24,25). The molecule has 2 N–H and O–H groups in total. The molecular formula is C22H34N4O2. The highest BCUT2D eigenvalue weighted by Crippen LogP contribution is 2.32. The van der Waals surface area contributed by atoms with E-state index in [-0.39, 0.29) is 18.6 Å². The molecule has 1 aromatic carbocycles. The lowest BCUT2D eigenvalue weighted by Gasteiger charge is -2.30. The van der Waals surface area contributed by atoms with Crippen molar-refractivity contribution in [2.24, 2.45) is 4.99 Å². The van der Waals surface area contributed by atoms with Crippen LogP contribution in [0.5, 0.6) is 0 Å². The Balaban J connectivity index is 1.52. The van der Waals surface area contributed by atoms with Gasteiger partial charge in [-0.25, -0.2) is 4.99 Å². The van der Waals surface area contributed by atoms with Crippen molar-refractivity contribution in [1.29, 1.82) is 0 Å². The molecule has 1 amide bonds. The topological polar surface area (TPSA) is 66.0 Å². The molecule has 0 aromatic heterocycles. The fourth-order valence-electron chi connectivity index (χ4n) is 3.95. The Bertz CT molecular complexity index is 633. The van der Waals surface area contributed by atoms with Gasteiger partial charge in [-0.2, -0.15) is 0 Å². The molecule has 1 atom stereocenters. The minimum Gasteiger partial charge on any atom is -0.376 e. The fraction of sp³-hybridized carbons (Fsp3) is 0.636. The van der Waals surface area contributed by atoms with E-state index in [1.807, 2.05) is 0 Å². The van der Waals surface area contributed by atoms with E-state index < -0.39 is 0 Å². The third-order valence-corrected chi connectivity index (χ3v) is 5.73. The summed E-state index contributed by atoms with van der Waals surface area (Å²) in [5, 5.41) is 6.95. The van der Waals surface area contributed by atoms with Crippen molar-refractivity contribution >= 4 is 11.9 Å². The summed E-state index contributed by atoms with van der Waals surface area (Å²) in [6, 6.07) is 11.2. The molecule has 28 heavy (non-hydrogen) atoms. The Hall–Kier alpha value is -2.08. The number of likely N-dealkylation sites (N-methyl/N-ethyl adjacent to an activating group) is 1. The predicted molar refractivity (Wildman–Crippen MR) is 113 cm³/mol. The number of guanidine groups is 1. The molecule has 0 bridgehead atoms. The van der Waals surface area contributed by atoms with Crippen molar-refractivity contribution in [3.8, 4) is 0 Å². The number of aliphatic imine (C=N–C) groups is 1. The van der Waals surface area contributed by atoms with Gasteiger partial charge in [0.25, 0.3) is 0 Å². The van der Waals surface area contributed by atoms with E-state index in [1.165, 1.54) is 18.4 Å². The van der Waals surface area contributed by atoms with Crippen molar-refractivity contribution in [3.05, 3.63) is 35.9 Å². The summed E-state index contributed by atoms with van der Waals surface area (Å²) in [4.78, 5) is 18.0. The molecule has 3 rings (SSSR count). The van der Waals surface area contributed by atoms with Crippen molar-refractivity contribution in [2.75, 3.05) is 33.8 Å². The maximum Gasteiger partial charge on any atom is 0.243 e. The number of nitrogens with zero attached hydrogens (tertiary/aromatic N) is 2. The van der Waals surface area contributed by atoms with E-state index in [1.54, 1.807) is 19.0 Å². The van der Waals surface area contributed by atoms with Gasteiger partial charge in [-0.05, 0) is 50.0 Å². The van der Waals surface area contributed by atoms with Crippen LogP contribution >= 0.6 is 0 Å². The lowest BCUT2D eigenvalue weighted by molar-refractivity contribution is -0.127. The number of nitrogens with one attached hydrogen (secondary N) is 2. The van der Waals surface area contributed by atoms with Gasteiger partial charge in [0.2, 0.25) is 5.91 Å². The van der Waals surface area contributed by atoms with E-state index in [0.717, 1.165) is 44.8 Å². The molecule has 1 aliphatic heterocycles. The van der Waals surface area contributed by atoms with Gasteiger partial charge in [0.05, 0.1) is 6.10 Å². The van der Waals surface area contributed by atoms with Crippen LogP contribution in [0.15, 0.2) is 35.3 Å². The second-order valence-corrected chi connectivity index (χ2v) is 8.07. The quantitative estimate of drug-likeness (QED) is 0.582. The van der Waals surface area contributed by atoms with Gasteiger partial charge in [0, 0.05) is 33.3 Å². The molecule has 1 saturated carbocycles. The first kappa shape index (κ1) is 20.6. The average Bonchev–Trinajstić information content (AvgIpc) is 3.24. The van der Waals surface area contributed by atoms with Crippen LogP contribution in [-0.2, 0) is 9.53 Å². The number of benzene rings is 1. The van der Waals surface area contributed by atoms with Crippen LogP contribution in [0.1, 0.15) is 50.0 Å². The first-order chi connectivity index (χ1) is 13.6. The van der Waals surface area contributed by atoms with Crippen LogP contribution in [-0.4, -0.2) is 62.7 Å². The minimum atomic E-state index is 0.00556. The number of rotatable bonds is 6. The summed E-state index contributed by atoms with van der Waals surface area (Å²) in [6.45, 7) is 1.74. The van der Waals surface area contributed by atoms with Crippen molar-refractivity contribution in [2.45, 2.75) is 56.6 Å². The highest BCUT2D eigenvalue weighted by molar-refractivity contribution is 5.85. The molecule has 154 valence electrons. The smallest absolute Gasteiger partial charge is 0.243 e. The summed E-state index contributed by atoms with van der Waals surface area (Å²) in [6.07, 6.45) is 7.03. The van der Waals surface area contributed by atoms with Gasteiger partial charge in [0.1, 0.15) is 6.54 Å². The average molecular weight is 387 g/mol. The van der Waals surface area contributed by atoms with Gasteiger partial charge >= 0.3 is 0 Å². The summed E-state index contributed by atoms with van der Waals surface area (Å²) < 4.78 is 5.70. The SMILES string of the molecule is CN(C)C(=O)CN=C(NCC1CCCO1)NC1CCC(c2ccccc2)CC1. The predicted octanol–water partition coefficient (Wildman–Crippen LogP) is 2.52. The molecule has 1 aromatic rings. The van der Waals surface area contributed by atoms with E-state index in [9.17, 15) is 4.79 Å². The molecule has 1 saturated heterocycles. The van der Waals surface area contributed by atoms with Crippen LogP contribution in [0, 0.1) is 0 Å². The Morgan fingerprint density at radius 2 is 1.89 bits per heavy atom. The molecule has 1 aliphatic carbocycles. The van der Waals surface area contributed by atoms with E-state index in [2.05, 4.69) is 46.0 Å². The lowest BCUT2D eigenvalue weighted by atomic mass is 9.82. The number of carbonyl (C=O) groups excluding carboxylic acids is 1. The van der Waals surface area contributed by atoms with Crippen LogP contribution in [0.3, 0.4) is 0 Å². The first-order valence-corrected chi connectivity index (χ1v) is 10.5.